The van der Waals surface area contributed by atoms with Crippen LogP contribution < -0.4 is 0 Å². The fourth-order valence-corrected chi connectivity index (χ4v) is 5.12. The second-order valence-electron chi connectivity index (χ2n) is 9.77. The Bertz CT molecular complexity index is 501. The highest BCUT2D eigenvalue weighted by Crippen LogP contribution is 2.37. The van der Waals surface area contributed by atoms with Gasteiger partial charge in [0.15, 0.2) is 0 Å². The first kappa shape index (κ1) is 20.7. The average Bonchev–Trinajstić information content (AvgIpc) is 2.65. The highest BCUT2D eigenvalue weighted by molar-refractivity contribution is 5.82. The van der Waals surface area contributed by atoms with Gasteiger partial charge in [0.1, 0.15) is 12.2 Å². The summed E-state index contributed by atoms with van der Waals surface area (Å²) in [7, 11) is 0. The van der Waals surface area contributed by atoms with Gasteiger partial charge in [-0.3, -0.25) is 9.59 Å². The second kappa shape index (κ2) is 9.43. The molecule has 0 heterocycles. The molecule has 3 unspecified atom stereocenters. The Morgan fingerprint density at radius 1 is 0.556 bits per heavy atom. The van der Waals surface area contributed by atoms with E-state index in [-0.39, 0.29) is 36.0 Å². The maximum absolute atomic E-state index is 12.9. The van der Waals surface area contributed by atoms with E-state index in [1.165, 1.54) is 0 Å². The highest BCUT2D eigenvalue weighted by Gasteiger charge is 2.41. The SMILES string of the molecule is CC1CCC(OC(=O)C2CCC(C)CC2C(=O)OC2CCC(C)CC2)CC1. The zero-order valence-electron chi connectivity index (χ0n) is 17.5. The maximum atomic E-state index is 12.9. The molecule has 0 bridgehead atoms. The summed E-state index contributed by atoms with van der Waals surface area (Å²) in [6.45, 7) is 6.70. The standard InChI is InChI=1S/C23H38O4/c1-15-4-9-18(10-5-15)26-22(24)20-13-8-17(3)14-21(20)23(25)27-19-11-6-16(2)7-12-19/h15-21H,4-14H2,1-3H3. The average molecular weight is 379 g/mol. The normalized spacial score (nSPS) is 40.2. The maximum Gasteiger partial charge on any atom is 0.310 e. The van der Waals surface area contributed by atoms with Crippen LogP contribution in [-0.2, 0) is 19.1 Å². The van der Waals surface area contributed by atoms with Crippen molar-refractivity contribution in [2.45, 2.75) is 104 Å². The summed E-state index contributed by atoms with van der Waals surface area (Å²) in [6, 6.07) is 0. The largest absolute Gasteiger partial charge is 0.462 e. The van der Waals surface area contributed by atoms with Gasteiger partial charge in [-0.05, 0) is 88.4 Å². The molecule has 0 amide bonds. The predicted molar refractivity (Wildman–Crippen MR) is 105 cm³/mol. The summed E-state index contributed by atoms with van der Waals surface area (Å²) in [4.78, 5) is 25.8. The summed E-state index contributed by atoms with van der Waals surface area (Å²) in [6.07, 6.45) is 11.0. The fourth-order valence-electron chi connectivity index (χ4n) is 5.12. The third kappa shape index (κ3) is 5.71. The van der Waals surface area contributed by atoms with Crippen LogP contribution in [0.25, 0.3) is 0 Å². The highest BCUT2D eigenvalue weighted by atomic mass is 16.6. The molecule has 3 rings (SSSR count). The number of rotatable bonds is 4. The van der Waals surface area contributed by atoms with Gasteiger partial charge >= 0.3 is 11.9 Å². The van der Waals surface area contributed by atoms with Crippen molar-refractivity contribution in [3.05, 3.63) is 0 Å². The number of carbonyl (C=O) groups excluding carboxylic acids is 2. The first-order valence-corrected chi connectivity index (χ1v) is 11.3. The van der Waals surface area contributed by atoms with Crippen molar-refractivity contribution in [3.63, 3.8) is 0 Å². The van der Waals surface area contributed by atoms with E-state index in [9.17, 15) is 9.59 Å². The van der Waals surface area contributed by atoms with Gasteiger partial charge in [-0.1, -0.05) is 20.8 Å². The van der Waals surface area contributed by atoms with Crippen LogP contribution in [0.3, 0.4) is 0 Å². The number of hydrogen-bond donors (Lipinski definition) is 0. The van der Waals surface area contributed by atoms with E-state index in [0.29, 0.717) is 5.92 Å². The van der Waals surface area contributed by atoms with Gasteiger partial charge < -0.3 is 9.47 Å². The molecule has 3 atom stereocenters. The summed E-state index contributed by atoms with van der Waals surface area (Å²) in [5.41, 5.74) is 0. The summed E-state index contributed by atoms with van der Waals surface area (Å²) in [5, 5.41) is 0. The van der Waals surface area contributed by atoms with Gasteiger partial charge in [0.05, 0.1) is 11.8 Å². The minimum atomic E-state index is -0.317. The van der Waals surface area contributed by atoms with Crippen LogP contribution in [0.5, 0.6) is 0 Å². The number of ether oxygens (including phenoxy) is 2. The lowest BCUT2D eigenvalue weighted by atomic mass is 9.74. The molecule has 4 heteroatoms. The van der Waals surface area contributed by atoms with Crippen LogP contribution >= 0.6 is 0 Å². The first-order chi connectivity index (χ1) is 12.9. The molecule has 0 radical (unpaired) electrons. The summed E-state index contributed by atoms with van der Waals surface area (Å²) < 4.78 is 11.7. The number of hydrogen-bond acceptors (Lipinski definition) is 4. The Morgan fingerprint density at radius 3 is 1.44 bits per heavy atom. The Morgan fingerprint density at radius 2 is 0.963 bits per heavy atom. The van der Waals surface area contributed by atoms with E-state index in [2.05, 4.69) is 20.8 Å². The Balaban J connectivity index is 1.56. The van der Waals surface area contributed by atoms with Crippen LogP contribution in [0.1, 0.15) is 91.4 Å². The molecule has 0 aromatic rings. The van der Waals surface area contributed by atoms with E-state index in [4.69, 9.17) is 9.47 Å². The van der Waals surface area contributed by atoms with Crippen molar-refractivity contribution in [3.8, 4) is 0 Å². The van der Waals surface area contributed by atoms with Gasteiger partial charge in [-0.2, -0.15) is 0 Å². The third-order valence-electron chi connectivity index (χ3n) is 7.21. The smallest absolute Gasteiger partial charge is 0.310 e. The van der Waals surface area contributed by atoms with Crippen LogP contribution in [0.2, 0.25) is 0 Å². The zero-order chi connectivity index (χ0) is 19.4. The van der Waals surface area contributed by atoms with E-state index in [1.54, 1.807) is 0 Å². The van der Waals surface area contributed by atoms with Crippen molar-refractivity contribution < 1.29 is 19.1 Å². The zero-order valence-corrected chi connectivity index (χ0v) is 17.5. The lowest BCUT2D eigenvalue weighted by Gasteiger charge is -2.35. The molecule has 4 nitrogen and oxygen atoms in total. The molecule has 0 saturated heterocycles. The first-order valence-electron chi connectivity index (χ1n) is 11.3. The van der Waals surface area contributed by atoms with Gasteiger partial charge in [0, 0.05) is 0 Å². The van der Waals surface area contributed by atoms with Crippen LogP contribution in [0.4, 0.5) is 0 Å². The quantitative estimate of drug-likeness (QED) is 0.624. The molecule has 27 heavy (non-hydrogen) atoms. The van der Waals surface area contributed by atoms with Crippen molar-refractivity contribution in [1.82, 2.24) is 0 Å². The monoisotopic (exact) mass is 378 g/mol. The van der Waals surface area contributed by atoms with E-state index >= 15 is 0 Å². The topological polar surface area (TPSA) is 52.6 Å². The van der Waals surface area contributed by atoms with Gasteiger partial charge in [0.2, 0.25) is 0 Å². The van der Waals surface area contributed by atoms with Crippen molar-refractivity contribution in [1.29, 1.82) is 0 Å². The van der Waals surface area contributed by atoms with E-state index < -0.39 is 0 Å². The van der Waals surface area contributed by atoms with Crippen LogP contribution in [0, 0.1) is 29.6 Å². The molecule has 0 aromatic heterocycles. The van der Waals surface area contributed by atoms with Crippen molar-refractivity contribution in [2.24, 2.45) is 29.6 Å². The lowest BCUT2D eigenvalue weighted by molar-refractivity contribution is -0.171. The molecular weight excluding hydrogens is 340 g/mol. The molecule has 3 saturated carbocycles. The van der Waals surface area contributed by atoms with E-state index in [1.807, 2.05) is 0 Å². The molecule has 0 spiro atoms. The van der Waals surface area contributed by atoms with Crippen molar-refractivity contribution >= 4 is 11.9 Å². The molecule has 0 N–H and O–H groups in total. The fraction of sp³-hybridized carbons (Fsp3) is 0.913. The Hall–Kier alpha value is -1.06. The minimum absolute atomic E-state index is 0.0439. The minimum Gasteiger partial charge on any atom is -0.462 e. The molecule has 0 aliphatic heterocycles. The van der Waals surface area contributed by atoms with E-state index in [0.717, 1.165) is 82.5 Å². The molecule has 0 aromatic carbocycles. The summed E-state index contributed by atoms with van der Waals surface area (Å²) in [5.74, 6) is 1.00. The second-order valence-corrected chi connectivity index (χ2v) is 9.77. The Labute approximate surface area is 164 Å². The van der Waals surface area contributed by atoms with Crippen molar-refractivity contribution in [2.75, 3.05) is 0 Å². The molecule has 3 aliphatic rings. The van der Waals surface area contributed by atoms with Crippen LogP contribution in [0.15, 0.2) is 0 Å². The number of esters is 2. The molecule has 3 fully saturated rings. The Kier molecular flexibility index (Phi) is 7.22. The molecule has 3 aliphatic carbocycles. The predicted octanol–water partition coefficient (Wildman–Crippen LogP) is 5.28. The number of carbonyl (C=O) groups is 2. The molecule has 154 valence electrons. The summed E-state index contributed by atoms with van der Waals surface area (Å²) >= 11 is 0. The lowest BCUT2D eigenvalue weighted by Crippen LogP contribution is -2.40. The third-order valence-corrected chi connectivity index (χ3v) is 7.21. The molecular formula is C23H38O4. The van der Waals surface area contributed by atoms with Gasteiger partial charge in [-0.15, -0.1) is 0 Å². The van der Waals surface area contributed by atoms with Gasteiger partial charge in [-0.25, -0.2) is 0 Å². The van der Waals surface area contributed by atoms with Crippen LogP contribution in [-0.4, -0.2) is 24.1 Å². The van der Waals surface area contributed by atoms with Gasteiger partial charge in [0.25, 0.3) is 0 Å².